The van der Waals surface area contributed by atoms with Crippen LogP contribution in [-0.2, 0) is 0 Å². The van der Waals surface area contributed by atoms with E-state index >= 15 is 0 Å². The second-order valence-electron chi connectivity index (χ2n) is 5.10. The molecule has 3 rings (SSSR count). The average Bonchev–Trinajstić information content (AvgIpc) is 3.09. The first-order chi connectivity index (χ1) is 12.2. The third-order valence-corrected chi connectivity index (χ3v) is 4.25. The maximum absolute atomic E-state index is 12.5. The van der Waals surface area contributed by atoms with Crippen molar-refractivity contribution in [3.8, 4) is 11.4 Å². The minimum Gasteiger partial charge on any atom is -0.493 e. The molecule has 0 saturated carbocycles. The molecule has 0 spiro atoms. The third-order valence-electron chi connectivity index (χ3n) is 3.42. The molecule has 0 aliphatic rings. The molecular weight excluding hydrogens is 336 g/mol. The van der Waals surface area contributed by atoms with Crippen LogP contribution in [0, 0.1) is 0 Å². The number of aromatic nitrogens is 3. The predicted molar refractivity (Wildman–Crippen MR) is 98.7 cm³/mol. The SMILES string of the molecule is CCSc1ccc(NC(=O)c2nn(-c3ccccc3)cc2OC)cn1. The summed E-state index contributed by atoms with van der Waals surface area (Å²) in [4.78, 5) is 16.9. The Labute approximate surface area is 150 Å². The lowest BCUT2D eigenvalue weighted by Gasteiger charge is -2.05. The molecule has 7 heteroatoms. The van der Waals surface area contributed by atoms with E-state index in [1.54, 1.807) is 28.8 Å². The number of rotatable bonds is 6. The van der Waals surface area contributed by atoms with Gasteiger partial charge >= 0.3 is 0 Å². The number of anilines is 1. The van der Waals surface area contributed by atoms with E-state index in [9.17, 15) is 4.79 Å². The van der Waals surface area contributed by atoms with Crippen LogP contribution in [0.2, 0.25) is 0 Å². The summed E-state index contributed by atoms with van der Waals surface area (Å²) in [5.41, 5.74) is 1.68. The molecule has 0 fully saturated rings. The molecule has 0 atom stereocenters. The molecule has 1 aromatic carbocycles. The number of amides is 1. The molecule has 0 aliphatic heterocycles. The molecule has 3 aromatic rings. The Balaban J connectivity index is 1.80. The zero-order chi connectivity index (χ0) is 17.6. The molecule has 0 unspecified atom stereocenters. The first-order valence-corrected chi connectivity index (χ1v) is 8.79. The number of carbonyl (C=O) groups excluding carboxylic acids is 1. The summed E-state index contributed by atoms with van der Waals surface area (Å²) in [5, 5.41) is 8.07. The van der Waals surface area contributed by atoms with Crippen molar-refractivity contribution in [1.29, 1.82) is 0 Å². The summed E-state index contributed by atoms with van der Waals surface area (Å²) in [6.45, 7) is 2.07. The Hall–Kier alpha value is -2.80. The van der Waals surface area contributed by atoms with E-state index in [4.69, 9.17) is 4.74 Å². The van der Waals surface area contributed by atoms with Gasteiger partial charge < -0.3 is 10.1 Å². The van der Waals surface area contributed by atoms with Crippen LogP contribution in [0.15, 0.2) is 59.9 Å². The number of thioether (sulfide) groups is 1. The second kappa shape index (κ2) is 7.85. The van der Waals surface area contributed by atoms with E-state index in [-0.39, 0.29) is 11.6 Å². The van der Waals surface area contributed by atoms with E-state index in [1.807, 2.05) is 42.5 Å². The van der Waals surface area contributed by atoms with E-state index in [2.05, 4.69) is 22.3 Å². The van der Waals surface area contributed by atoms with Gasteiger partial charge in [-0.1, -0.05) is 25.1 Å². The van der Waals surface area contributed by atoms with Gasteiger partial charge in [0.1, 0.15) is 0 Å². The summed E-state index contributed by atoms with van der Waals surface area (Å²) in [5.74, 6) is 1.02. The molecule has 0 bridgehead atoms. The van der Waals surface area contributed by atoms with Gasteiger partial charge in [0.2, 0.25) is 0 Å². The zero-order valence-corrected chi connectivity index (χ0v) is 14.8. The third kappa shape index (κ3) is 4.00. The zero-order valence-electron chi connectivity index (χ0n) is 14.0. The number of nitrogens with one attached hydrogen (secondary N) is 1. The lowest BCUT2D eigenvalue weighted by molar-refractivity contribution is 0.101. The van der Waals surface area contributed by atoms with Crippen LogP contribution in [0.1, 0.15) is 17.4 Å². The van der Waals surface area contributed by atoms with E-state index in [1.165, 1.54) is 7.11 Å². The van der Waals surface area contributed by atoms with Crippen molar-refractivity contribution in [3.63, 3.8) is 0 Å². The van der Waals surface area contributed by atoms with Gasteiger partial charge in [-0.3, -0.25) is 4.79 Å². The fraction of sp³-hybridized carbons (Fsp3) is 0.167. The summed E-state index contributed by atoms with van der Waals surface area (Å²) in [6, 6.07) is 13.2. The van der Waals surface area contributed by atoms with Crippen LogP contribution in [-0.4, -0.2) is 33.5 Å². The Morgan fingerprint density at radius 2 is 2.04 bits per heavy atom. The fourth-order valence-corrected chi connectivity index (χ4v) is 2.84. The van der Waals surface area contributed by atoms with Crippen LogP contribution < -0.4 is 10.1 Å². The van der Waals surface area contributed by atoms with Gasteiger partial charge in [0.15, 0.2) is 11.4 Å². The first kappa shape index (κ1) is 17.0. The fourth-order valence-electron chi connectivity index (χ4n) is 2.26. The summed E-state index contributed by atoms with van der Waals surface area (Å²) in [6.07, 6.45) is 3.32. The van der Waals surface area contributed by atoms with Crippen molar-refractivity contribution >= 4 is 23.4 Å². The van der Waals surface area contributed by atoms with Crippen molar-refractivity contribution in [2.75, 3.05) is 18.2 Å². The standard InChI is InChI=1S/C18H18N4O2S/c1-3-25-16-10-9-13(11-19-16)20-18(23)17-15(24-2)12-22(21-17)14-7-5-4-6-8-14/h4-12H,3H2,1-2H3,(H,20,23). The smallest absolute Gasteiger partial charge is 0.280 e. The molecule has 1 amide bonds. The molecule has 0 saturated heterocycles. The largest absolute Gasteiger partial charge is 0.493 e. The van der Waals surface area contributed by atoms with Gasteiger partial charge in [0, 0.05) is 0 Å². The maximum atomic E-state index is 12.5. The number of carbonyl (C=O) groups is 1. The highest BCUT2D eigenvalue weighted by molar-refractivity contribution is 7.99. The van der Waals surface area contributed by atoms with Gasteiger partial charge in [-0.2, -0.15) is 5.10 Å². The number of hydrogen-bond donors (Lipinski definition) is 1. The molecule has 25 heavy (non-hydrogen) atoms. The van der Waals surface area contributed by atoms with E-state index in [0.717, 1.165) is 16.5 Å². The highest BCUT2D eigenvalue weighted by Crippen LogP contribution is 2.21. The van der Waals surface area contributed by atoms with Crippen molar-refractivity contribution in [1.82, 2.24) is 14.8 Å². The molecular formula is C18H18N4O2S. The Morgan fingerprint density at radius 1 is 1.24 bits per heavy atom. The topological polar surface area (TPSA) is 69.0 Å². The number of methoxy groups -OCH3 is 1. The minimum atomic E-state index is -0.343. The minimum absolute atomic E-state index is 0.221. The van der Waals surface area contributed by atoms with Gasteiger partial charge in [0.05, 0.1) is 35.9 Å². The maximum Gasteiger partial charge on any atom is 0.280 e. The number of nitrogens with zero attached hydrogens (tertiary/aromatic N) is 3. The Kier molecular flexibility index (Phi) is 5.35. The van der Waals surface area contributed by atoms with Crippen molar-refractivity contribution in [2.24, 2.45) is 0 Å². The lowest BCUT2D eigenvalue weighted by atomic mass is 10.3. The molecule has 0 aliphatic carbocycles. The number of ether oxygens (including phenoxy) is 1. The molecule has 2 aromatic heterocycles. The number of benzene rings is 1. The van der Waals surface area contributed by atoms with Crippen LogP contribution >= 0.6 is 11.8 Å². The van der Waals surface area contributed by atoms with Gasteiger partial charge in [-0.25, -0.2) is 9.67 Å². The van der Waals surface area contributed by atoms with Crippen LogP contribution in [0.25, 0.3) is 5.69 Å². The molecule has 1 N–H and O–H groups in total. The van der Waals surface area contributed by atoms with Crippen LogP contribution in [0.5, 0.6) is 5.75 Å². The van der Waals surface area contributed by atoms with Crippen LogP contribution in [0.3, 0.4) is 0 Å². The number of hydrogen-bond acceptors (Lipinski definition) is 5. The normalized spacial score (nSPS) is 10.5. The molecule has 0 radical (unpaired) electrons. The molecule has 2 heterocycles. The second-order valence-corrected chi connectivity index (χ2v) is 6.38. The van der Waals surface area contributed by atoms with Gasteiger partial charge in [0.25, 0.3) is 5.91 Å². The Bertz CT molecular complexity index is 847. The van der Waals surface area contributed by atoms with Crippen molar-refractivity contribution < 1.29 is 9.53 Å². The monoisotopic (exact) mass is 354 g/mol. The quantitative estimate of drug-likeness (QED) is 0.685. The predicted octanol–water partition coefficient (Wildman–Crippen LogP) is 3.64. The van der Waals surface area contributed by atoms with Crippen molar-refractivity contribution in [3.05, 3.63) is 60.6 Å². The van der Waals surface area contributed by atoms with Gasteiger partial charge in [-0.15, -0.1) is 11.8 Å². The van der Waals surface area contributed by atoms with E-state index in [0.29, 0.717) is 11.4 Å². The lowest BCUT2D eigenvalue weighted by Crippen LogP contribution is -2.14. The highest BCUT2D eigenvalue weighted by Gasteiger charge is 2.18. The molecule has 128 valence electrons. The number of para-hydroxylation sites is 1. The summed E-state index contributed by atoms with van der Waals surface area (Å²) >= 11 is 1.65. The summed E-state index contributed by atoms with van der Waals surface area (Å²) < 4.78 is 6.91. The average molecular weight is 354 g/mol. The number of pyridine rings is 1. The van der Waals surface area contributed by atoms with Gasteiger partial charge in [-0.05, 0) is 30.0 Å². The molecule has 6 nitrogen and oxygen atoms in total. The van der Waals surface area contributed by atoms with Crippen LogP contribution in [0.4, 0.5) is 5.69 Å². The summed E-state index contributed by atoms with van der Waals surface area (Å²) in [7, 11) is 1.52. The van der Waals surface area contributed by atoms with E-state index < -0.39 is 0 Å². The Morgan fingerprint density at radius 3 is 2.68 bits per heavy atom. The highest BCUT2D eigenvalue weighted by atomic mass is 32.2. The first-order valence-electron chi connectivity index (χ1n) is 7.80. The van der Waals surface area contributed by atoms with Crippen molar-refractivity contribution in [2.45, 2.75) is 11.9 Å².